The molecule has 5 rings (SSSR count). The first kappa shape index (κ1) is 27.0. The second-order valence-corrected chi connectivity index (χ2v) is 10.1. The maximum absolute atomic E-state index is 14.1. The average molecular weight is 544 g/mol. The molecule has 10 nitrogen and oxygen atoms in total. The lowest BCUT2D eigenvalue weighted by Crippen LogP contribution is -2.45. The van der Waals surface area contributed by atoms with Gasteiger partial charge in [-0.2, -0.15) is 0 Å². The molecule has 0 saturated heterocycles. The van der Waals surface area contributed by atoms with Gasteiger partial charge in [-0.1, -0.05) is 49.4 Å². The molecule has 0 fully saturated rings. The number of nitrogens with zero attached hydrogens (tertiary/aromatic N) is 4. The van der Waals surface area contributed by atoms with Gasteiger partial charge < -0.3 is 24.4 Å². The summed E-state index contributed by atoms with van der Waals surface area (Å²) in [4.78, 5) is 29.5. The van der Waals surface area contributed by atoms with Crippen LogP contribution in [0.4, 0.5) is 0 Å². The molecular formula is C30H33N5O5. The summed E-state index contributed by atoms with van der Waals surface area (Å²) in [7, 11) is 1.57. The summed E-state index contributed by atoms with van der Waals surface area (Å²) in [6.07, 6.45) is 0.817. The van der Waals surface area contributed by atoms with Gasteiger partial charge in [0.15, 0.2) is 11.5 Å². The molecule has 0 radical (unpaired) electrons. The lowest BCUT2D eigenvalue weighted by atomic mass is 10.0. The molecule has 1 atom stereocenters. The van der Waals surface area contributed by atoms with Crippen LogP contribution in [0.2, 0.25) is 0 Å². The van der Waals surface area contributed by atoms with Crippen LogP contribution in [0, 0.1) is 5.92 Å². The first-order chi connectivity index (χ1) is 19.4. The standard InChI is InChI=1S/C30H33N5O5/c1-20(2)13-14-31-30(37)29(22-7-6-8-23(16-22)38-3)34(17-21-11-12-26-27(15-21)40-19-39-26)28(36)18-35-25-10-5-4-9-24(25)32-33-35/h4-12,15-16,20,29H,13-14,17-19H2,1-3H3,(H,31,37)/t29-/m1/s1. The number of carbonyl (C=O) groups excluding carboxylic acids is 2. The van der Waals surface area contributed by atoms with Crippen molar-refractivity contribution in [3.8, 4) is 17.2 Å². The Morgan fingerprint density at radius 2 is 1.88 bits per heavy atom. The van der Waals surface area contributed by atoms with Crippen LogP contribution in [0.3, 0.4) is 0 Å². The van der Waals surface area contributed by atoms with E-state index in [9.17, 15) is 9.59 Å². The quantitative estimate of drug-likeness (QED) is 0.303. The van der Waals surface area contributed by atoms with Crippen molar-refractivity contribution in [1.29, 1.82) is 0 Å². The molecule has 4 aromatic rings. The molecule has 1 aliphatic rings. The van der Waals surface area contributed by atoms with Gasteiger partial charge in [-0.3, -0.25) is 9.59 Å². The number of benzene rings is 3. The van der Waals surface area contributed by atoms with Crippen LogP contribution in [0.25, 0.3) is 11.0 Å². The van der Waals surface area contributed by atoms with E-state index in [-0.39, 0.29) is 31.7 Å². The molecule has 0 aliphatic carbocycles. The van der Waals surface area contributed by atoms with Gasteiger partial charge in [0.1, 0.15) is 23.9 Å². The third-order valence-corrected chi connectivity index (χ3v) is 6.81. The zero-order valence-electron chi connectivity index (χ0n) is 22.9. The molecule has 1 aliphatic heterocycles. The lowest BCUT2D eigenvalue weighted by Gasteiger charge is -2.32. The van der Waals surface area contributed by atoms with E-state index in [0.29, 0.717) is 40.8 Å². The minimum absolute atomic E-state index is 0.0925. The van der Waals surface area contributed by atoms with Crippen molar-refractivity contribution < 1.29 is 23.8 Å². The number of nitrogens with one attached hydrogen (secondary N) is 1. The smallest absolute Gasteiger partial charge is 0.247 e. The Bertz CT molecular complexity index is 1500. The number of fused-ring (bicyclic) bond motifs is 2. The van der Waals surface area contributed by atoms with E-state index in [1.807, 2.05) is 60.7 Å². The summed E-state index contributed by atoms with van der Waals surface area (Å²) >= 11 is 0. The highest BCUT2D eigenvalue weighted by Crippen LogP contribution is 2.34. The monoisotopic (exact) mass is 543 g/mol. The van der Waals surface area contributed by atoms with Crippen molar-refractivity contribution in [3.63, 3.8) is 0 Å². The van der Waals surface area contributed by atoms with Gasteiger partial charge in [0.05, 0.1) is 12.6 Å². The SMILES string of the molecule is COc1cccc([C@H](C(=O)NCCC(C)C)N(Cc2ccc3c(c2)OCO3)C(=O)Cn2nnc3ccccc32)c1. The van der Waals surface area contributed by atoms with Gasteiger partial charge in [-0.05, 0) is 59.9 Å². The van der Waals surface area contributed by atoms with E-state index >= 15 is 0 Å². The van der Waals surface area contributed by atoms with E-state index in [1.54, 1.807) is 22.8 Å². The molecule has 2 heterocycles. The molecule has 1 aromatic heterocycles. The Morgan fingerprint density at radius 3 is 2.70 bits per heavy atom. The summed E-state index contributed by atoms with van der Waals surface area (Å²) in [6, 6.07) is 19.3. The molecule has 2 amide bonds. The third-order valence-electron chi connectivity index (χ3n) is 6.81. The summed E-state index contributed by atoms with van der Waals surface area (Å²) < 4.78 is 18.0. The molecule has 0 unspecified atom stereocenters. The van der Waals surface area contributed by atoms with Crippen LogP contribution >= 0.6 is 0 Å². The molecule has 208 valence electrons. The van der Waals surface area contributed by atoms with Crippen molar-refractivity contribution in [1.82, 2.24) is 25.2 Å². The maximum Gasteiger partial charge on any atom is 0.247 e. The van der Waals surface area contributed by atoms with E-state index < -0.39 is 6.04 Å². The topological polar surface area (TPSA) is 108 Å². The number of para-hydroxylation sites is 1. The average Bonchev–Trinajstić information content (AvgIpc) is 3.59. The first-order valence-electron chi connectivity index (χ1n) is 13.3. The molecule has 0 saturated carbocycles. The second kappa shape index (κ2) is 12.1. The van der Waals surface area contributed by atoms with Crippen LogP contribution in [-0.2, 0) is 22.7 Å². The zero-order chi connectivity index (χ0) is 28.1. The highest BCUT2D eigenvalue weighted by molar-refractivity contribution is 5.89. The number of amides is 2. The van der Waals surface area contributed by atoms with Crippen LogP contribution < -0.4 is 19.5 Å². The van der Waals surface area contributed by atoms with Crippen LogP contribution in [-0.4, -0.2) is 52.2 Å². The van der Waals surface area contributed by atoms with Crippen molar-refractivity contribution in [2.75, 3.05) is 20.4 Å². The highest BCUT2D eigenvalue weighted by Gasteiger charge is 2.33. The summed E-state index contributed by atoms with van der Waals surface area (Å²) in [5, 5.41) is 11.4. The van der Waals surface area contributed by atoms with E-state index in [2.05, 4.69) is 29.5 Å². The van der Waals surface area contributed by atoms with Crippen LogP contribution in [0.5, 0.6) is 17.2 Å². The number of hydrogen-bond acceptors (Lipinski definition) is 7. The summed E-state index contributed by atoms with van der Waals surface area (Å²) in [6.45, 7) is 4.90. The van der Waals surface area contributed by atoms with Crippen molar-refractivity contribution in [2.24, 2.45) is 5.92 Å². The number of methoxy groups -OCH3 is 1. The van der Waals surface area contributed by atoms with Crippen molar-refractivity contribution in [3.05, 3.63) is 77.9 Å². The largest absolute Gasteiger partial charge is 0.497 e. The van der Waals surface area contributed by atoms with Gasteiger partial charge >= 0.3 is 0 Å². The van der Waals surface area contributed by atoms with E-state index in [0.717, 1.165) is 17.5 Å². The first-order valence-corrected chi connectivity index (χ1v) is 13.3. The fourth-order valence-corrected chi connectivity index (χ4v) is 4.68. The highest BCUT2D eigenvalue weighted by atomic mass is 16.7. The lowest BCUT2D eigenvalue weighted by molar-refractivity contribution is -0.142. The van der Waals surface area contributed by atoms with Crippen molar-refractivity contribution >= 4 is 22.8 Å². The predicted octanol–water partition coefficient (Wildman–Crippen LogP) is 4.10. The minimum atomic E-state index is -0.921. The Hall–Kier alpha value is -4.60. The minimum Gasteiger partial charge on any atom is -0.497 e. The second-order valence-electron chi connectivity index (χ2n) is 10.1. The molecule has 0 spiro atoms. The summed E-state index contributed by atoms with van der Waals surface area (Å²) in [5.74, 6) is 1.70. The normalized spacial score (nSPS) is 12.9. The molecule has 0 bridgehead atoms. The third kappa shape index (κ3) is 6.01. The Balaban J connectivity index is 1.53. The Labute approximate surface area is 232 Å². The Morgan fingerprint density at radius 1 is 1.05 bits per heavy atom. The van der Waals surface area contributed by atoms with Gasteiger partial charge in [0, 0.05) is 13.1 Å². The fraction of sp³-hybridized carbons (Fsp3) is 0.333. The number of rotatable bonds is 11. The van der Waals surface area contributed by atoms with Crippen LogP contribution in [0.15, 0.2) is 66.7 Å². The molecule has 3 aromatic carbocycles. The number of aromatic nitrogens is 3. The molecule has 10 heteroatoms. The van der Waals surface area contributed by atoms with Gasteiger partial charge in [0.2, 0.25) is 18.6 Å². The van der Waals surface area contributed by atoms with Gasteiger partial charge in [0.25, 0.3) is 0 Å². The number of ether oxygens (including phenoxy) is 3. The van der Waals surface area contributed by atoms with Gasteiger partial charge in [-0.25, -0.2) is 4.68 Å². The number of hydrogen-bond donors (Lipinski definition) is 1. The predicted molar refractivity (Wildman–Crippen MR) is 149 cm³/mol. The summed E-state index contributed by atoms with van der Waals surface area (Å²) in [5.41, 5.74) is 2.86. The van der Waals surface area contributed by atoms with Crippen LogP contribution in [0.1, 0.15) is 37.4 Å². The molecule has 1 N–H and O–H groups in total. The van der Waals surface area contributed by atoms with E-state index in [4.69, 9.17) is 14.2 Å². The van der Waals surface area contributed by atoms with Gasteiger partial charge in [-0.15, -0.1) is 5.10 Å². The van der Waals surface area contributed by atoms with Crippen molar-refractivity contribution in [2.45, 2.75) is 39.4 Å². The fourth-order valence-electron chi connectivity index (χ4n) is 4.68. The maximum atomic E-state index is 14.1. The number of carbonyl (C=O) groups is 2. The molecular weight excluding hydrogens is 510 g/mol. The zero-order valence-corrected chi connectivity index (χ0v) is 22.9. The molecule has 40 heavy (non-hydrogen) atoms. The Kier molecular flexibility index (Phi) is 8.14. The van der Waals surface area contributed by atoms with E-state index in [1.165, 1.54) is 0 Å².